The van der Waals surface area contributed by atoms with Crippen LogP contribution in [0.2, 0.25) is 0 Å². The maximum atomic E-state index is 13.9. The van der Waals surface area contributed by atoms with Crippen LogP contribution in [0, 0.1) is 11.6 Å². The van der Waals surface area contributed by atoms with E-state index in [1.807, 2.05) is 0 Å². The van der Waals surface area contributed by atoms with E-state index in [0.717, 1.165) is 6.07 Å². The molecule has 0 fully saturated rings. The molecular formula is C21H17F2N5O2. The number of carbonyl (C=O) groups is 1. The van der Waals surface area contributed by atoms with Gasteiger partial charge in [-0.25, -0.2) is 18.4 Å². The zero-order chi connectivity index (χ0) is 21.1. The average Bonchev–Trinajstić information content (AvgIpc) is 3.15. The number of halogens is 2. The van der Waals surface area contributed by atoms with E-state index in [1.54, 1.807) is 18.2 Å². The first kappa shape index (κ1) is 19.4. The maximum Gasteiger partial charge on any atom is 0.264 e. The van der Waals surface area contributed by atoms with E-state index in [4.69, 9.17) is 0 Å². The predicted molar refractivity (Wildman–Crippen MR) is 106 cm³/mol. The quantitative estimate of drug-likeness (QED) is 0.530. The lowest BCUT2D eigenvalue weighted by Gasteiger charge is -2.08. The number of aromatic nitrogens is 4. The minimum Gasteiger partial charge on any atom is -0.350 e. The topological polar surface area (TPSA) is 81.8 Å². The van der Waals surface area contributed by atoms with E-state index in [-0.39, 0.29) is 30.8 Å². The molecule has 0 radical (unpaired) electrons. The molecule has 0 atom stereocenters. The summed E-state index contributed by atoms with van der Waals surface area (Å²) in [5.41, 5.74) is 0.630. The Morgan fingerprint density at radius 1 is 1.10 bits per heavy atom. The molecule has 1 amide bonds. The number of fused-ring (bicyclic) bond motifs is 1. The Hall–Kier alpha value is -3.88. The molecule has 0 aliphatic heterocycles. The Bertz CT molecular complexity index is 1280. The number of hydrogen-bond donors (Lipinski definition) is 1. The third-order valence-electron chi connectivity index (χ3n) is 4.62. The highest BCUT2D eigenvalue weighted by atomic mass is 19.1. The summed E-state index contributed by atoms with van der Waals surface area (Å²) in [4.78, 5) is 29.1. The maximum absolute atomic E-state index is 13.9. The van der Waals surface area contributed by atoms with Crippen molar-refractivity contribution in [2.45, 2.75) is 13.1 Å². The van der Waals surface area contributed by atoms with Crippen molar-refractivity contribution in [3.63, 3.8) is 0 Å². The predicted octanol–water partition coefficient (Wildman–Crippen LogP) is 2.35. The van der Waals surface area contributed by atoms with E-state index in [2.05, 4.69) is 15.4 Å². The highest BCUT2D eigenvalue weighted by Crippen LogP contribution is 2.10. The Kier molecular flexibility index (Phi) is 5.34. The molecule has 4 rings (SSSR count). The smallest absolute Gasteiger partial charge is 0.264 e. The van der Waals surface area contributed by atoms with Crippen LogP contribution < -0.4 is 10.9 Å². The molecule has 0 bridgehead atoms. The minimum atomic E-state index is -0.489. The lowest BCUT2D eigenvalue weighted by Crippen LogP contribution is -2.28. The van der Waals surface area contributed by atoms with Gasteiger partial charge in [-0.05, 0) is 24.3 Å². The van der Waals surface area contributed by atoms with Crippen LogP contribution >= 0.6 is 0 Å². The van der Waals surface area contributed by atoms with Gasteiger partial charge < -0.3 is 5.32 Å². The highest BCUT2D eigenvalue weighted by molar-refractivity contribution is 5.94. The second-order valence-corrected chi connectivity index (χ2v) is 6.64. The van der Waals surface area contributed by atoms with Gasteiger partial charge in [0.05, 0.1) is 19.3 Å². The fraction of sp³-hybridized carbons (Fsp3) is 0.143. The SMILES string of the molecule is O=C(NCCn1ncc2c(=O)n(Cc3ccccc3F)cnc21)c1cccc(F)c1. The summed E-state index contributed by atoms with van der Waals surface area (Å²) < 4.78 is 29.9. The molecule has 0 unspecified atom stereocenters. The minimum absolute atomic E-state index is 0.0588. The summed E-state index contributed by atoms with van der Waals surface area (Å²) in [6.45, 7) is 0.545. The lowest BCUT2D eigenvalue weighted by atomic mass is 10.2. The molecular weight excluding hydrogens is 392 g/mol. The van der Waals surface area contributed by atoms with E-state index in [1.165, 1.54) is 46.0 Å². The van der Waals surface area contributed by atoms with Crippen molar-refractivity contribution in [2.24, 2.45) is 0 Å². The van der Waals surface area contributed by atoms with Gasteiger partial charge in [0.25, 0.3) is 11.5 Å². The summed E-state index contributed by atoms with van der Waals surface area (Å²) in [7, 11) is 0. The van der Waals surface area contributed by atoms with Gasteiger partial charge in [0.2, 0.25) is 0 Å². The Balaban J connectivity index is 1.47. The molecule has 0 aliphatic rings. The van der Waals surface area contributed by atoms with Crippen LogP contribution in [0.3, 0.4) is 0 Å². The molecule has 0 spiro atoms. The summed E-state index contributed by atoms with van der Waals surface area (Å²) >= 11 is 0. The van der Waals surface area contributed by atoms with Gasteiger partial charge in [-0.3, -0.25) is 14.2 Å². The number of benzene rings is 2. The molecule has 0 saturated carbocycles. The molecule has 2 heterocycles. The molecule has 4 aromatic rings. The molecule has 30 heavy (non-hydrogen) atoms. The number of rotatable bonds is 6. The first-order valence-electron chi connectivity index (χ1n) is 9.21. The lowest BCUT2D eigenvalue weighted by molar-refractivity contribution is 0.0951. The summed E-state index contributed by atoms with van der Waals surface area (Å²) in [5, 5.41) is 7.13. The first-order valence-corrected chi connectivity index (χ1v) is 9.21. The van der Waals surface area contributed by atoms with Crippen molar-refractivity contribution >= 4 is 16.9 Å². The third kappa shape index (κ3) is 3.95. The zero-order valence-electron chi connectivity index (χ0n) is 15.8. The number of amides is 1. The number of nitrogens with one attached hydrogen (secondary N) is 1. The molecule has 1 N–H and O–H groups in total. The van der Waals surface area contributed by atoms with E-state index >= 15 is 0 Å². The van der Waals surface area contributed by atoms with Crippen LogP contribution in [-0.2, 0) is 13.1 Å². The number of nitrogens with zero attached hydrogens (tertiary/aromatic N) is 4. The van der Waals surface area contributed by atoms with Crippen LogP contribution in [0.4, 0.5) is 8.78 Å². The van der Waals surface area contributed by atoms with Gasteiger partial charge in [0, 0.05) is 17.7 Å². The van der Waals surface area contributed by atoms with Crippen molar-refractivity contribution in [1.82, 2.24) is 24.6 Å². The third-order valence-corrected chi connectivity index (χ3v) is 4.62. The van der Waals surface area contributed by atoms with Gasteiger partial charge in [-0.15, -0.1) is 0 Å². The van der Waals surface area contributed by atoms with Crippen LogP contribution in [0.1, 0.15) is 15.9 Å². The molecule has 2 aromatic heterocycles. The monoisotopic (exact) mass is 409 g/mol. The van der Waals surface area contributed by atoms with Crippen molar-refractivity contribution in [2.75, 3.05) is 6.54 Å². The van der Waals surface area contributed by atoms with Gasteiger partial charge in [0.15, 0.2) is 5.65 Å². The Morgan fingerprint density at radius 2 is 1.93 bits per heavy atom. The number of hydrogen-bond acceptors (Lipinski definition) is 4. The summed E-state index contributed by atoms with van der Waals surface area (Å²) in [6.07, 6.45) is 2.75. The fourth-order valence-corrected chi connectivity index (χ4v) is 3.09. The van der Waals surface area contributed by atoms with Crippen molar-refractivity contribution < 1.29 is 13.6 Å². The zero-order valence-corrected chi connectivity index (χ0v) is 15.8. The van der Waals surface area contributed by atoms with Crippen LogP contribution in [-0.4, -0.2) is 31.8 Å². The largest absolute Gasteiger partial charge is 0.350 e. The van der Waals surface area contributed by atoms with Crippen LogP contribution in [0.15, 0.2) is 65.8 Å². The van der Waals surface area contributed by atoms with Gasteiger partial charge in [-0.2, -0.15) is 5.10 Å². The van der Waals surface area contributed by atoms with Crippen molar-refractivity contribution in [1.29, 1.82) is 0 Å². The van der Waals surface area contributed by atoms with Crippen molar-refractivity contribution in [3.8, 4) is 0 Å². The summed E-state index contributed by atoms with van der Waals surface area (Å²) in [5.74, 6) is -1.29. The molecule has 7 nitrogen and oxygen atoms in total. The van der Waals surface area contributed by atoms with Crippen LogP contribution in [0.5, 0.6) is 0 Å². The first-order chi connectivity index (χ1) is 14.5. The normalized spacial score (nSPS) is 11.0. The standard InChI is InChI=1S/C21H17F2N5O2/c22-16-6-3-5-14(10-16)20(29)24-8-9-28-19-17(11-26-28)21(30)27(13-25-19)12-15-4-1-2-7-18(15)23/h1-7,10-11,13H,8-9,12H2,(H,24,29). The second kappa shape index (κ2) is 8.24. The van der Waals surface area contributed by atoms with E-state index in [9.17, 15) is 18.4 Å². The second-order valence-electron chi connectivity index (χ2n) is 6.64. The summed E-state index contributed by atoms with van der Waals surface area (Å²) in [6, 6.07) is 11.6. The molecule has 0 saturated heterocycles. The van der Waals surface area contributed by atoms with Gasteiger partial charge in [0.1, 0.15) is 23.3 Å². The Labute approximate surface area is 169 Å². The molecule has 152 valence electrons. The van der Waals surface area contributed by atoms with Gasteiger partial charge in [-0.1, -0.05) is 24.3 Å². The molecule has 0 aliphatic carbocycles. The highest BCUT2D eigenvalue weighted by Gasteiger charge is 2.12. The van der Waals surface area contributed by atoms with Crippen LogP contribution in [0.25, 0.3) is 11.0 Å². The fourth-order valence-electron chi connectivity index (χ4n) is 3.09. The van der Waals surface area contributed by atoms with E-state index in [0.29, 0.717) is 16.6 Å². The number of carbonyl (C=O) groups excluding carboxylic acids is 1. The van der Waals surface area contributed by atoms with Gasteiger partial charge >= 0.3 is 0 Å². The molecule has 2 aromatic carbocycles. The Morgan fingerprint density at radius 3 is 2.73 bits per heavy atom. The molecule has 9 heteroatoms. The van der Waals surface area contributed by atoms with E-state index < -0.39 is 17.5 Å². The van der Waals surface area contributed by atoms with Crippen molar-refractivity contribution in [3.05, 3.63) is 94.2 Å². The average molecular weight is 409 g/mol.